The monoisotopic (exact) mass is 349 g/mol. The normalized spacial score (nSPS) is 11.8. The fourth-order valence-corrected chi connectivity index (χ4v) is 3.10. The van der Waals surface area contributed by atoms with Gasteiger partial charge in [0, 0.05) is 25.1 Å². The second-order valence-electron chi connectivity index (χ2n) is 5.47. The van der Waals surface area contributed by atoms with Crippen LogP contribution in [0.15, 0.2) is 35.0 Å². The van der Waals surface area contributed by atoms with Gasteiger partial charge in [-0.2, -0.15) is 11.3 Å². The Kier molecular flexibility index (Phi) is 6.63. The molecule has 6 heteroatoms. The summed E-state index contributed by atoms with van der Waals surface area (Å²) in [5.41, 5.74) is 1.63. The fraction of sp³-hybridized carbons (Fsp3) is 0.389. The molecule has 0 aliphatic carbocycles. The van der Waals surface area contributed by atoms with Crippen molar-refractivity contribution in [3.63, 3.8) is 0 Å². The number of benzene rings is 1. The van der Waals surface area contributed by atoms with Gasteiger partial charge in [-0.1, -0.05) is 0 Å². The van der Waals surface area contributed by atoms with Crippen LogP contribution >= 0.6 is 11.3 Å². The van der Waals surface area contributed by atoms with Gasteiger partial charge in [-0.15, -0.1) is 0 Å². The van der Waals surface area contributed by atoms with E-state index in [-0.39, 0.29) is 11.9 Å². The van der Waals surface area contributed by atoms with E-state index in [1.807, 2.05) is 41.9 Å². The standard InChI is InChI=1S/C18H23NO4S/c1-13(11-21-2)19(18(20)15-5-6-24-12-15)10-14-7-16(22-3)9-17(8-14)23-4/h5-9,12-13H,10-11H2,1-4H3/t13-/m1/s1. The highest BCUT2D eigenvalue weighted by Gasteiger charge is 2.22. The lowest BCUT2D eigenvalue weighted by molar-refractivity contribution is 0.0542. The maximum atomic E-state index is 12.9. The van der Waals surface area contributed by atoms with E-state index in [0.29, 0.717) is 30.2 Å². The van der Waals surface area contributed by atoms with Gasteiger partial charge < -0.3 is 19.1 Å². The zero-order chi connectivity index (χ0) is 17.5. The van der Waals surface area contributed by atoms with Crippen LogP contribution in [0, 0.1) is 0 Å². The number of methoxy groups -OCH3 is 3. The first-order chi connectivity index (χ1) is 11.6. The molecule has 0 fully saturated rings. The summed E-state index contributed by atoms with van der Waals surface area (Å²) in [5, 5.41) is 3.77. The Morgan fingerprint density at radius 3 is 2.33 bits per heavy atom. The second kappa shape index (κ2) is 8.70. The van der Waals surface area contributed by atoms with Gasteiger partial charge in [-0.05, 0) is 36.1 Å². The predicted molar refractivity (Wildman–Crippen MR) is 95.1 cm³/mol. The molecule has 0 spiro atoms. The molecule has 0 bridgehead atoms. The van der Waals surface area contributed by atoms with E-state index in [2.05, 4.69) is 0 Å². The average molecular weight is 349 g/mol. The molecular weight excluding hydrogens is 326 g/mol. The van der Waals surface area contributed by atoms with Gasteiger partial charge in [0.1, 0.15) is 11.5 Å². The van der Waals surface area contributed by atoms with E-state index in [4.69, 9.17) is 14.2 Å². The first-order valence-corrected chi connectivity index (χ1v) is 8.57. The minimum Gasteiger partial charge on any atom is -0.497 e. The van der Waals surface area contributed by atoms with Crippen molar-refractivity contribution in [3.05, 3.63) is 46.2 Å². The Labute approximate surface area is 146 Å². The molecule has 0 saturated heterocycles. The Balaban J connectivity index is 2.29. The molecule has 130 valence electrons. The molecule has 2 aromatic rings. The molecule has 0 aliphatic heterocycles. The average Bonchev–Trinajstić information content (AvgIpc) is 3.13. The van der Waals surface area contributed by atoms with Crippen molar-refractivity contribution in [1.82, 2.24) is 4.90 Å². The van der Waals surface area contributed by atoms with Gasteiger partial charge in [0.05, 0.1) is 32.4 Å². The number of rotatable bonds is 8. The van der Waals surface area contributed by atoms with Crippen molar-refractivity contribution in [1.29, 1.82) is 0 Å². The van der Waals surface area contributed by atoms with Gasteiger partial charge in [0.15, 0.2) is 0 Å². The van der Waals surface area contributed by atoms with Crippen molar-refractivity contribution in [2.24, 2.45) is 0 Å². The van der Waals surface area contributed by atoms with E-state index in [1.165, 1.54) is 11.3 Å². The predicted octanol–water partition coefficient (Wildman–Crippen LogP) is 3.44. The lowest BCUT2D eigenvalue weighted by Gasteiger charge is -2.29. The van der Waals surface area contributed by atoms with Crippen LogP contribution in [0.4, 0.5) is 0 Å². The van der Waals surface area contributed by atoms with E-state index in [1.54, 1.807) is 26.2 Å². The molecule has 0 radical (unpaired) electrons. The summed E-state index contributed by atoms with van der Waals surface area (Å²) in [7, 11) is 4.86. The third-order valence-corrected chi connectivity index (χ3v) is 4.42. The highest BCUT2D eigenvalue weighted by atomic mass is 32.1. The topological polar surface area (TPSA) is 48.0 Å². The van der Waals surface area contributed by atoms with Crippen molar-refractivity contribution < 1.29 is 19.0 Å². The molecule has 2 rings (SSSR count). The van der Waals surface area contributed by atoms with Crippen LogP contribution in [0.2, 0.25) is 0 Å². The third-order valence-electron chi connectivity index (χ3n) is 3.73. The Morgan fingerprint density at radius 1 is 1.17 bits per heavy atom. The van der Waals surface area contributed by atoms with Crippen LogP contribution in [-0.4, -0.2) is 44.8 Å². The van der Waals surface area contributed by atoms with Crippen LogP contribution in [-0.2, 0) is 11.3 Å². The van der Waals surface area contributed by atoms with E-state index in [9.17, 15) is 4.79 Å². The van der Waals surface area contributed by atoms with E-state index < -0.39 is 0 Å². The Bertz CT molecular complexity index is 635. The molecule has 1 aromatic carbocycles. The number of nitrogens with zero attached hydrogens (tertiary/aromatic N) is 1. The molecule has 1 atom stereocenters. The van der Waals surface area contributed by atoms with E-state index in [0.717, 1.165) is 5.56 Å². The zero-order valence-electron chi connectivity index (χ0n) is 14.4. The highest BCUT2D eigenvalue weighted by molar-refractivity contribution is 7.08. The summed E-state index contributed by atoms with van der Waals surface area (Å²) >= 11 is 1.51. The molecule has 0 unspecified atom stereocenters. The summed E-state index contributed by atoms with van der Waals surface area (Å²) < 4.78 is 15.9. The summed E-state index contributed by atoms with van der Waals surface area (Å²) in [4.78, 5) is 14.7. The summed E-state index contributed by atoms with van der Waals surface area (Å²) in [6.45, 7) is 2.90. The molecule has 5 nitrogen and oxygen atoms in total. The fourth-order valence-electron chi connectivity index (χ4n) is 2.47. The molecule has 1 aromatic heterocycles. The lowest BCUT2D eigenvalue weighted by Crippen LogP contribution is -2.40. The quantitative estimate of drug-likeness (QED) is 0.732. The van der Waals surface area contributed by atoms with Gasteiger partial charge in [0.25, 0.3) is 5.91 Å². The van der Waals surface area contributed by atoms with Crippen LogP contribution in [0.3, 0.4) is 0 Å². The summed E-state index contributed by atoms with van der Waals surface area (Å²) in [5.74, 6) is 1.39. The maximum Gasteiger partial charge on any atom is 0.255 e. The van der Waals surface area contributed by atoms with Gasteiger partial charge in [-0.25, -0.2) is 0 Å². The van der Waals surface area contributed by atoms with Crippen molar-refractivity contribution >= 4 is 17.2 Å². The van der Waals surface area contributed by atoms with E-state index >= 15 is 0 Å². The number of thiophene rings is 1. The van der Waals surface area contributed by atoms with Crippen molar-refractivity contribution in [2.45, 2.75) is 19.5 Å². The minimum absolute atomic E-state index is 0.0115. The van der Waals surface area contributed by atoms with Gasteiger partial charge >= 0.3 is 0 Å². The first-order valence-electron chi connectivity index (χ1n) is 7.63. The lowest BCUT2D eigenvalue weighted by atomic mass is 10.1. The van der Waals surface area contributed by atoms with Crippen LogP contribution < -0.4 is 9.47 Å². The van der Waals surface area contributed by atoms with Crippen molar-refractivity contribution in [2.75, 3.05) is 27.9 Å². The molecule has 1 heterocycles. The van der Waals surface area contributed by atoms with Crippen LogP contribution in [0.5, 0.6) is 11.5 Å². The highest BCUT2D eigenvalue weighted by Crippen LogP contribution is 2.25. The molecular formula is C18H23NO4S. The second-order valence-corrected chi connectivity index (χ2v) is 6.25. The minimum atomic E-state index is -0.0559. The zero-order valence-corrected chi connectivity index (χ0v) is 15.3. The smallest absolute Gasteiger partial charge is 0.255 e. The molecule has 0 N–H and O–H groups in total. The molecule has 0 aliphatic rings. The third kappa shape index (κ3) is 4.49. The van der Waals surface area contributed by atoms with Crippen LogP contribution in [0.1, 0.15) is 22.8 Å². The van der Waals surface area contributed by atoms with Gasteiger partial charge in [0.2, 0.25) is 0 Å². The Hall–Kier alpha value is -2.05. The van der Waals surface area contributed by atoms with Crippen LogP contribution in [0.25, 0.3) is 0 Å². The first kappa shape index (κ1) is 18.3. The SMILES string of the molecule is COC[C@@H](C)N(Cc1cc(OC)cc(OC)c1)C(=O)c1ccsc1. The number of ether oxygens (including phenoxy) is 3. The largest absolute Gasteiger partial charge is 0.497 e. The number of amides is 1. The molecule has 0 saturated carbocycles. The number of hydrogen-bond acceptors (Lipinski definition) is 5. The summed E-state index contributed by atoms with van der Waals surface area (Å²) in [6, 6.07) is 7.42. The van der Waals surface area contributed by atoms with Gasteiger partial charge in [-0.3, -0.25) is 4.79 Å². The summed E-state index contributed by atoms with van der Waals surface area (Å²) in [6.07, 6.45) is 0. The molecule has 1 amide bonds. The van der Waals surface area contributed by atoms with Crippen molar-refractivity contribution in [3.8, 4) is 11.5 Å². The molecule has 24 heavy (non-hydrogen) atoms. The number of carbonyl (C=O) groups excluding carboxylic acids is 1. The number of carbonyl (C=O) groups is 1. The Morgan fingerprint density at radius 2 is 1.83 bits per heavy atom. The number of hydrogen-bond donors (Lipinski definition) is 0. The maximum absolute atomic E-state index is 12.9.